The van der Waals surface area contributed by atoms with Gasteiger partial charge in [-0.05, 0) is 38.8 Å². The largest absolute Gasteiger partial charge is 0.448 e. The van der Waals surface area contributed by atoms with Crippen LogP contribution in [-0.4, -0.2) is 62.9 Å². The molecule has 5 aromatic carbocycles. The van der Waals surface area contributed by atoms with Crippen molar-refractivity contribution in [3.05, 3.63) is 213 Å². The molecule has 2 N–H and O–H groups in total. The Hall–Kier alpha value is -7.06. The van der Waals surface area contributed by atoms with Gasteiger partial charge in [0.2, 0.25) is 0 Å². The first-order valence-electron chi connectivity index (χ1n) is 20.2. The van der Waals surface area contributed by atoms with Crippen molar-refractivity contribution in [3.8, 4) is 6.07 Å². The average Bonchev–Trinajstić information content (AvgIpc) is 3.81. The Morgan fingerprint density at radius 3 is 1.94 bits per heavy atom. The fourth-order valence-electron chi connectivity index (χ4n) is 7.65. The van der Waals surface area contributed by atoms with E-state index < -0.39 is 53.2 Å². The number of aromatic nitrogens is 1. The molecule has 2 amide bonds. The van der Waals surface area contributed by atoms with Crippen molar-refractivity contribution < 1.29 is 32.7 Å². The summed E-state index contributed by atoms with van der Waals surface area (Å²) >= 11 is 3.71. The number of anilines is 1. The highest BCUT2D eigenvalue weighted by Crippen LogP contribution is 2.43. The number of thiazole rings is 1. The summed E-state index contributed by atoms with van der Waals surface area (Å²) < 4.78 is 33.3. The van der Waals surface area contributed by atoms with Crippen LogP contribution in [0.1, 0.15) is 39.6 Å². The first kappa shape index (κ1) is 44.5. The molecule has 65 heavy (non-hydrogen) atoms. The van der Waals surface area contributed by atoms with Gasteiger partial charge in [0.25, 0.3) is 11.8 Å². The van der Waals surface area contributed by atoms with E-state index >= 15 is 0 Å². The van der Waals surface area contributed by atoms with Gasteiger partial charge in [-0.1, -0.05) is 157 Å². The van der Waals surface area contributed by atoms with Gasteiger partial charge in [-0.25, -0.2) is 9.78 Å². The predicted octanol–water partition coefficient (Wildman–Crippen LogP) is 9.25. The molecule has 1 aromatic heterocycles. The second kappa shape index (κ2) is 20.6. The number of rotatable bonds is 17. The minimum Gasteiger partial charge on any atom is -0.448 e. The van der Waals surface area contributed by atoms with Crippen LogP contribution in [0.2, 0.25) is 0 Å². The second-order valence-electron chi connectivity index (χ2n) is 14.5. The number of carbonyl (C=O) groups is 3. The SMILES string of the molecule is N#C/C=C\SCC1=C(C(=O)OC(c2ccccc2)c2ccccc2)N2C(=O)C(NC(=O)/C(=N\OC(F)F)c3csc(NC(c4ccccc4)(c4ccccc4)c4ccccc4)n3)C2SC1. The minimum absolute atomic E-state index is 0.0304. The Bertz CT molecular complexity index is 2620. The van der Waals surface area contributed by atoms with E-state index in [9.17, 15) is 23.2 Å². The Balaban J connectivity index is 1.07. The van der Waals surface area contributed by atoms with Crippen molar-refractivity contribution in [1.29, 1.82) is 5.26 Å². The maximum absolute atomic E-state index is 14.4. The van der Waals surface area contributed by atoms with Gasteiger partial charge in [0.1, 0.15) is 28.3 Å². The smallest absolute Gasteiger partial charge is 0.407 e. The lowest BCUT2D eigenvalue weighted by molar-refractivity contribution is -0.154. The number of halogens is 2. The van der Waals surface area contributed by atoms with E-state index in [4.69, 9.17) is 10.00 Å². The van der Waals surface area contributed by atoms with Crippen LogP contribution in [0.3, 0.4) is 0 Å². The van der Waals surface area contributed by atoms with Crippen LogP contribution >= 0.6 is 34.9 Å². The second-order valence-corrected chi connectivity index (χ2v) is 17.3. The molecular formula is C49H38F2N6O5S3. The molecule has 0 aliphatic carbocycles. The lowest BCUT2D eigenvalue weighted by Crippen LogP contribution is -2.71. The topological polar surface area (TPSA) is 146 Å². The normalized spacial score (nSPS) is 16.2. The van der Waals surface area contributed by atoms with Gasteiger partial charge in [0.05, 0.1) is 6.07 Å². The van der Waals surface area contributed by atoms with E-state index in [1.54, 1.807) is 5.41 Å². The third kappa shape index (κ3) is 9.72. The number of β-lactam (4-membered cyclic amide) rings is 1. The maximum Gasteiger partial charge on any atom is 0.407 e. The molecule has 2 aliphatic rings. The van der Waals surface area contributed by atoms with E-state index in [0.717, 1.165) is 28.0 Å². The van der Waals surface area contributed by atoms with Crippen LogP contribution in [0.15, 0.2) is 185 Å². The lowest BCUT2D eigenvalue weighted by atomic mass is 9.77. The van der Waals surface area contributed by atoms with Gasteiger partial charge in [-0.2, -0.15) is 14.0 Å². The van der Waals surface area contributed by atoms with Gasteiger partial charge in [-0.3, -0.25) is 14.5 Å². The molecule has 3 heterocycles. The zero-order valence-electron chi connectivity index (χ0n) is 34.2. The highest BCUT2D eigenvalue weighted by Gasteiger charge is 2.55. The molecule has 16 heteroatoms. The summed E-state index contributed by atoms with van der Waals surface area (Å²) in [7, 11) is 0. The molecule has 11 nitrogen and oxygen atoms in total. The van der Waals surface area contributed by atoms with Crippen LogP contribution in [0, 0.1) is 11.3 Å². The van der Waals surface area contributed by atoms with E-state index in [1.165, 1.54) is 39.9 Å². The molecule has 2 aliphatic heterocycles. The van der Waals surface area contributed by atoms with Gasteiger partial charge < -0.3 is 20.2 Å². The summed E-state index contributed by atoms with van der Waals surface area (Å²) in [5.74, 6) is -1.82. The van der Waals surface area contributed by atoms with Crippen LogP contribution in [0.25, 0.3) is 0 Å². The number of alkyl halides is 2. The van der Waals surface area contributed by atoms with Crippen molar-refractivity contribution in [2.24, 2.45) is 5.16 Å². The molecule has 0 bridgehead atoms. The monoisotopic (exact) mass is 924 g/mol. The number of fused-ring (bicyclic) bond motifs is 1. The van der Waals surface area contributed by atoms with Crippen LogP contribution in [0.5, 0.6) is 0 Å². The molecule has 2 atom stereocenters. The van der Waals surface area contributed by atoms with Crippen LogP contribution < -0.4 is 10.6 Å². The molecule has 326 valence electrons. The number of carbonyl (C=O) groups excluding carboxylic acids is 3. The molecular weight excluding hydrogens is 887 g/mol. The molecule has 1 fully saturated rings. The molecule has 0 saturated carbocycles. The number of oxime groups is 1. The average molecular weight is 925 g/mol. The number of amides is 2. The standard InChI is InChI=1S/C49H38F2N6O5S3/c50-47(51)62-56-39(38-31-65-48(53-38)55-49(35-21-10-3-11-22-35,36-23-12-4-13-24-36)37-25-14-5-15-26-37)43(58)54-40-44(59)57-41(34(30-64-45(40)57)29-63-28-16-27-52)46(60)61-42(32-17-6-1-7-18-32)33-19-8-2-9-20-33/h1-26,28,31,40,42,45,47H,29-30H2,(H,53,55)(H,54,58)/b28-16-,56-39-. The number of hydrogen-bond acceptors (Lipinski definition) is 12. The Kier molecular flexibility index (Phi) is 14.1. The van der Waals surface area contributed by atoms with Gasteiger partial charge in [-0.15, -0.1) is 34.9 Å². The predicted molar refractivity (Wildman–Crippen MR) is 249 cm³/mol. The number of allylic oxidation sites excluding steroid dienone is 1. The summed E-state index contributed by atoms with van der Waals surface area (Å²) in [5.41, 5.74) is 3.04. The van der Waals surface area contributed by atoms with Gasteiger partial charge in [0.15, 0.2) is 16.9 Å². The zero-order chi connectivity index (χ0) is 45.2. The summed E-state index contributed by atoms with van der Waals surface area (Å²) in [5, 5.41) is 21.5. The summed E-state index contributed by atoms with van der Waals surface area (Å²) in [6.45, 7) is -3.36. The zero-order valence-corrected chi connectivity index (χ0v) is 36.6. The fourth-order valence-corrected chi connectivity index (χ4v) is 10.6. The number of hydrogen-bond donors (Lipinski definition) is 2. The third-order valence-electron chi connectivity index (χ3n) is 10.6. The van der Waals surface area contributed by atoms with Gasteiger partial charge in [0, 0.05) is 23.0 Å². The van der Waals surface area contributed by atoms with Crippen molar-refractivity contribution in [2.45, 2.75) is 29.7 Å². The first-order chi connectivity index (χ1) is 31.8. The Labute approximate surface area is 385 Å². The van der Waals surface area contributed by atoms with Crippen molar-refractivity contribution in [2.75, 3.05) is 16.8 Å². The first-order valence-corrected chi connectivity index (χ1v) is 23.1. The summed E-state index contributed by atoms with van der Waals surface area (Å²) in [6, 6.07) is 48.4. The summed E-state index contributed by atoms with van der Waals surface area (Å²) in [4.78, 5) is 53.0. The number of ether oxygens (including phenoxy) is 1. The fraction of sp³-hybridized carbons (Fsp3) is 0.143. The Morgan fingerprint density at radius 2 is 1.42 bits per heavy atom. The van der Waals surface area contributed by atoms with Crippen molar-refractivity contribution in [3.63, 3.8) is 0 Å². The molecule has 2 unspecified atom stereocenters. The lowest BCUT2D eigenvalue weighted by Gasteiger charge is -2.49. The van der Waals surface area contributed by atoms with Crippen LogP contribution in [0.4, 0.5) is 13.9 Å². The van der Waals surface area contributed by atoms with E-state index in [2.05, 4.69) is 25.6 Å². The molecule has 8 rings (SSSR count). The number of esters is 1. The molecule has 1 saturated heterocycles. The molecule has 6 aromatic rings. The number of benzene rings is 5. The summed E-state index contributed by atoms with van der Waals surface area (Å²) in [6.07, 6.45) is 0.502. The molecule has 0 radical (unpaired) electrons. The van der Waals surface area contributed by atoms with E-state index in [1.807, 2.05) is 158 Å². The number of thioether (sulfide) groups is 2. The van der Waals surface area contributed by atoms with Crippen molar-refractivity contribution >= 4 is 63.5 Å². The maximum atomic E-state index is 14.4. The Morgan fingerprint density at radius 1 is 0.877 bits per heavy atom. The van der Waals surface area contributed by atoms with Gasteiger partial charge >= 0.3 is 12.6 Å². The van der Waals surface area contributed by atoms with Crippen molar-refractivity contribution in [1.82, 2.24) is 15.2 Å². The quantitative estimate of drug-likeness (QED) is 0.0227. The van der Waals surface area contributed by atoms with E-state index in [0.29, 0.717) is 21.8 Å². The van der Waals surface area contributed by atoms with Crippen LogP contribution in [-0.2, 0) is 29.5 Å². The highest BCUT2D eigenvalue weighted by molar-refractivity contribution is 8.02. The van der Waals surface area contributed by atoms with E-state index in [-0.39, 0.29) is 22.9 Å². The highest BCUT2D eigenvalue weighted by atomic mass is 32.2. The third-order valence-corrected chi connectivity index (χ3v) is 13.5. The number of nitrogens with zero attached hydrogens (tertiary/aromatic N) is 4. The minimum atomic E-state index is -3.36. The number of nitriles is 1. The molecule has 0 spiro atoms. The number of nitrogens with one attached hydrogen (secondary N) is 2.